The van der Waals surface area contributed by atoms with Gasteiger partial charge in [-0.1, -0.05) is 52.3 Å². The van der Waals surface area contributed by atoms with Crippen molar-refractivity contribution < 1.29 is 4.79 Å². The van der Waals surface area contributed by atoms with Crippen LogP contribution in [0.15, 0.2) is 63.9 Å². The number of aromatic nitrogens is 2. The van der Waals surface area contributed by atoms with Gasteiger partial charge in [0, 0.05) is 22.9 Å². The van der Waals surface area contributed by atoms with Crippen molar-refractivity contribution in [2.45, 2.75) is 26.3 Å². The third-order valence-electron chi connectivity index (χ3n) is 4.27. The van der Waals surface area contributed by atoms with E-state index in [2.05, 4.69) is 25.9 Å². The highest BCUT2D eigenvalue weighted by atomic mass is 79.9. The average Bonchev–Trinajstić information content (AvgIpc) is 2.68. The summed E-state index contributed by atoms with van der Waals surface area (Å²) in [6.07, 6.45) is 0.685. The molecular weight excluding hydrogens is 418 g/mol. The van der Waals surface area contributed by atoms with Crippen LogP contribution in [0.5, 0.6) is 0 Å². The molecule has 0 bridgehead atoms. The standard InChI is InChI=1S/C22H18BrN3O2/c1-15-11-18(12-16-5-9-20(24-2)10-6-16)22(28)26(25-15)14-21(27)13-17-3-7-19(23)8-4-17/h3-11H,12-14H2,1H3. The van der Waals surface area contributed by atoms with Crippen LogP contribution in [-0.4, -0.2) is 15.6 Å². The number of carbonyl (C=O) groups is 1. The maximum atomic E-state index is 12.8. The molecular formula is C22H18BrN3O2. The molecule has 0 fully saturated rings. The third kappa shape index (κ3) is 5.02. The lowest BCUT2D eigenvalue weighted by atomic mass is 10.1. The molecule has 0 aliphatic heterocycles. The average molecular weight is 436 g/mol. The van der Waals surface area contributed by atoms with Gasteiger partial charge in [0.15, 0.2) is 11.5 Å². The van der Waals surface area contributed by atoms with E-state index < -0.39 is 0 Å². The molecule has 0 aliphatic carbocycles. The first kappa shape index (κ1) is 19.7. The van der Waals surface area contributed by atoms with Crippen LogP contribution in [0.1, 0.15) is 22.4 Å². The van der Waals surface area contributed by atoms with Gasteiger partial charge in [-0.3, -0.25) is 9.59 Å². The zero-order chi connectivity index (χ0) is 20.1. The summed E-state index contributed by atoms with van der Waals surface area (Å²) in [5.74, 6) is -0.0742. The topological polar surface area (TPSA) is 56.3 Å². The molecule has 0 saturated carbocycles. The molecule has 2 aromatic carbocycles. The van der Waals surface area contributed by atoms with Crippen molar-refractivity contribution in [1.82, 2.24) is 9.78 Å². The number of aryl methyl sites for hydroxylation is 1. The van der Waals surface area contributed by atoms with E-state index in [-0.39, 0.29) is 24.3 Å². The van der Waals surface area contributed by atoms with Crippen LogP contribution in [0.25, 0.3) is 4.85 Å². The van der Waals surface area contributed by atoms with E-state index in [1.165, 1.54) is 4.68 Å². The summed E-state index contributed by atoms with van der Waals surface area (Å²) in [6, 6.07) is 16.4. The third-order valence-corrected chi connectivity index (χ3v) is 4.80. The van der Waals surface area contributed by atoms with Crippen LogP contribution in [0, 0.1) is 13.5 Å². The van der Waals surface area contributed by atoms with Crippen molar-refractivity contribution in [2.75, 3.05) is 0 Å². The van der Waals surface area contributed by atoms with Crippen LogP contribution in [0.4, 0.5) is 5.69 Å². The molecule has 0 amide bonds. The van der Waals surface area contributed by atoms with E-state index in [1.54, 1.807) is 25.1 Å². The van der Waals surface area contributed by atoms with Crippen molar-refractivity contribution >= 4 is 27.4 Å². The Bertz CT molecular complexity index is 1090. The number of carbonyl (C=O) groups excluding carboxylic acids is 1. The van der Waals surface area contributed by atoms with Crippen LogP contribution >= 0.6 is 15.9 Å². The number of halogens is 1. The quantitative estimate of drug-likeness (QED) is 0.543. The Kier molecular flexibility index (Phi) is 6.17. The van der Waals surface area contributed by atoms with Gasteiger partial charge in [0.05, 0.1) is 12.3 Å². The van der Waals surface area contributed by atoms with E-state index in [1.807, 2.05) is 36.4 Å². The van der Waals surface area contributed by atoms with Gasteiger partial charge >= 0.3 is 0 Å². The Morgan fingerprint density at radius 3 is 2.39 bits per heavy atom. The van der Waals surface area contributed by atoms with Gasteiger partial charge in [0.1, 0.15) is 6.54 Å². The fourth-order valence-corrected chi connectivity index (χ4v) is 3.20. The lowest BCUT2D eigenvalue weighted by molar-refractivity contribution is -0.119. The summed E-state index contributed by atoms with van der Waals surface area (Å²) < 4.78 is 2.20. The molecule has 5 nitrogen and oxygen atoms in total. The zero-order valence-electron chi connectivity index (χ0n) is 15.4. The van der Waals surface area contributed by atoms with Gasteiger partial charge in [-0.05, 0) is 36.2 Å². The number of hydrogen-bond donors (Lipinski definition) is 0. The summed E-state index contributed by atoms with van der Waals surface area (Å²) >= 11 is 3.37. The molecule has 1 heterocycles. The first-order valence-electron chi connectivity index (χ1n) is 8.75. The minimum atomic E-state index is -0.260. The molecule has 0 unspecified atom stereocenters. The molecule has 0 saturated heterocycles. The summed E-state index contributed by atoms with van der Waals surface area (Å²) in [6.45, 7) is 8.76. The molecule has 0 spiro atoms. The molecule has 3 aromatic rings. The fourth-order valence-electron chi connectivity index (χ4n) is 2.94. The molecule has 0 radical (unpaired) electrons. The number of benzene rings is 2. The van der Waals surface area contributed by atoms with Gasteiger partial charge < -0.3 is 0 Å². The molecule has 0 atom stereocenters. The second-order valence-electron chi connectivity index (χ2n) is 6.57. The first-order valence-corrected chi connectivity index (χ1v) is 9.54. The molecule has 3 rings (SSSR count). The van der Waals surface area contributed by atoms with Gasteiger partial charge in [-0.25, -0.2) is 9.53 Å². The largest absolute Gasteiger partial charge is 0.297 e. The summed E-state index contributed by atoms with van der Waals surface area (Å²) in [5.41, 5.74) is 3.40. The van der Waals surface area contributed by atoms with Gasteiger partial charge in [0.2, 0.25) is 0 Å². The number of Topliss-reactive ketones (excluding diaryl/α,β-unsaturated/α-hetero) is 1. The van der Waals surface area contributed by atoms with Crippen LogP contribution in [0.2, 0.25) is 0 Å². The summed E-state index contributed by atoms with van der Waals surface area (Å²) in [5, 5.41) is 4.23. The molecule has 6 heteroatoms. The van der Waals surface area contributed by atoms with Crippen LogP contribution < -0.4 is 5.56 Å². The Morgan fingerprint density at radius 1 is 1.11 bits per heavy atom. The molecule has 1 aromatic heterocycles. The molecule has 28 heavy (non-hydrogen) atoms. The van der Waals surface area contributed by atoms with Crippen LogP contribution in [0.3, 0.4) is 0 Å². The monoisotopic (exact) mass is 435 g/mol. The Labute approximate surface area is 171 Å². The molecule has 140 valence electrons. The van der Waals surface area contributed by atoms with Crippen molar-refractivity contribution in [3.05, 3.63) is 103 Å². The predicted octanol–water partition coefficient (Wildman–Crippen LogP) is 4.27. The van der Waals surface area contributed by atoms with Crippen molar-refractivity contribution in [2.24, 2.45) is 0 Å². The number of nitrogens with zero attached hydrogens (tertiary/aromatic N) is 3. The highest BCUT2D eigenvalue weighted by Crippen LogP contribution is 2.15. The number of rotatable bonds is 6. The zero-order valence-corrected chi connectivity index (χ0v) is 16.9. The van der Waals surface area contributed by atoms with E-state index in [0.717, 1.165) is 15.6 Å². The maximum Gasteiger partial charge on any atom is 0.270 e. The van der Waals surface area contributed by atoms with E-state index in [4.69, 9.17) is 6.57 Å². The Morgan fingerprint density at radius 2 is 1.75 bits per heavy atom. The lowest BCUT2D eigenvalue weighted by Gasteiger charge is -2.09. The number of ketones is 1. The minimum Gasteiger partial charge on any atom is -0.297 e. The minimum absolute atomic E-state index is 0.0553. The predicted molar refractivity (Wildman–Crippen MR) is 112 cm³/mol. The van der Waals surface area contributed by atoms with Crippen LogP contribution in [-0.2, 0) is 24.2 Å². The SMILES string of the molecule is [C-]#[N+]c1ccc(Cc2cc(C)nn(CC(=O)Cc3ccc(Br)cc3)c2=O)cc1. The molecule has 0 N–H and O–H groups in total. The van der Waals surface area contributed by atoms with E-state index in [0.29, 0.717) is 23.4 Å². The first-order chi connectivity index (χ1) is 13.4. The summed E-state index contributed by atoms with van der Waals surface area (Å²) in [7, 11) is 0. The normalized spacial score (nSPS) is 10.5. The van der Waals surface area contributed by atoms with Crippen molar-refractivity contribution in [3.63, 3.8) is 0 Å². The Balaban J connectivity index is 1.78. The van der Waals surface area contributed by atoms with E-state index >= 15 is 0 Å². The number of hydrogen-bond acceptors (Lipinski definition) is 3. The second kappa shape index (κ2) is 8.77. The van der Waals surface area contributed by atoms with Gasteiger partial charge in [-0.2, -0.15) is 5.10 Å². The fraction of sp³-hybridized carbons (Fsp3) is 0.182. The van der Waals surface area contributed by atoms with Crippen molar-refractivity contribution in [3.8, 4) is 0 Å². The lowest BCUT2D eigenvalue weighted by Crippen LogP contribution is -2.30. The molecule has 0 aliphatic rings. The Hall–Kier alpha value is -3.04. The second-order valence-corrected chi connectivity index (χ2v) is 7.49. The van der Waals surface area contributed by atoms with Gasteiger partial charge in [0.25, 0.3) is 5.56 Å². The van der Waals surface area contributed by atoms with Gasteiger partial charge in [-0.15, -0.1) is 0 Å². The van der Waals surface area contributed by atoms with E-state index in [9.17, 15) is 9.59 Å². The highest BCUT2D eigenvalue weighted by Gasteiger charge is 2.12. The summed E-state index contributed by atoms with van der Waals surface area (Å²) in [4.78, 5) is 28.6. The maximum absolute atomic E-state index is 12.8. The van der Waals surface area contributed by atoms with Crippen molar-refractivity contribution in [1.29, 1.82) is 0 Å². The highest BCUT2D eigenvalue weighted by molar-refractivity contribution is 9.10. The smallest absolute Gasteiger partial charge is 0.270 e.